The Morgan fingerprint density at radius 3 is 2.44 bits per heavy atom. The Morgan fingerprint density at radius 2 is 1.78 bits per heavy atom. The predicted octanol–water partition coefficient (Wildman–Crippen LogP) is 5.65. The van der Waals surface area contributed by atoms with E-state index >= 15 is 0 Å². The monoisotopic (exact) mass is 488 g/mol. The molecular weight excluding hydrogens is 459 g/mol. The van der Waals surface area contributed by atoms with Gasteiger partial charge in [-0.05, 0) is 57.2 Å². The van der Waals surface area contributed by atoms with Gasteiger partial charge in [0.25, 0.3) is 0 Å². The molecule has 1 aliphatic heterocycles. The van der Waals surface area contributed by atoms with Crippen LogP contribution in [0.25, 0.3) is 28.2 Å². The normalized spacial score (nSPS) is 13.0. The van der Waals surface area contributed by atoms with Crippen LogP contribution in [0.5, 0.6) is 0 Å². The molecule has 1 aliphatic rings. The first kappa shape index (κ1) is 24.9. The molecule has 0 saturated carbocycles. The number of hydrogen-bond acceptors (Lipinski definition) is 5. The van der Waals surface area contributed by atoms with Crippen molar-refractivity contribution in [1.29, 1.82) is 5.26 Å². The molecule has 0 bridgehead atoms. The number of aromatic nitrogens is 4. The number of nitrogens with zero attached hydrogens (tertiary/aromatic N) is 6. The van der Waals surface area contributed by atoms with Crippen LogP contribution < -0.4 is 0 Å². The molecule has 36 heavy (non-hydrogen) atoms. The van der Waals surface area contributed by atoms with Gasteiger partial charge >= 0.3 is 6.09 Å². The van der Waals surface area contributed by atoms with Crippen LogP contribution in [-0.2, 0) is 17.8 Å². The Labute approximate surface area is 209 Å². The highest BCUT2D eigenvalue weighted by Crippen LogP contribution is 2.35. The maximum Gasteiger partial charge on any atom is 0.410 e. The molecular formula is C27H29FN6O2. The van der Waals surface area contributed by atoms with Crippen molar-refractivity contribution in [1.82, 2.24) is 23.8 Å². The number of carbonyl (C=O) groups is 1. The molecule has 1 aromatic carbocycles. The van der Waals surface area contributed by atoms with Crippen molar-refractivity contribution in [3.8, 4) is 28.6 Å². The zero-order valence-electron chi connectivity index (χ0n) is 21.1. The summed E-state index contributed by atoms with van der Waals surface area (Å²) in [4.78, 5) is 23.4. The van der Waals surface area contributed by atoms with E-state index in [4.69, 9.17) is 9.72 Å². The second-order valence-corrected chi connectivity index (χ2v) is 9.19. The minimum atomic E-state index is -0.590. The van der Waals surface area contributed by atoms with Crippen molar-refractivity contribution in [2.45, 2.75) is 53.3 Å². The van der Waals surface area contributed by atoms with Gasteiger partial charge in [0.2, 0.25) is 0 Å². The van der Waals surface area contributed by atoms with Crippen LogP contribution in [0.1, 0.15) is 46.1 Å². The quantitative estimate of drug-likeness (QED) is 0.364. The Balaban J connectivity index is 0.00000148. The SMILES string of the molecule is CC.CC(C)(C)OC(=O)N1CCn2c(nc(-c3ccc(F)cc3)c2-c2ccc3ncc(C#N)n3c2)C1. The molecule has 0 fully saturated rings. The Hall–Kier alpha value is -4.19. The first-order valence-corrected chi connectivity index (χ1v) is 11.9. The number of rotatable bonds is 2. The Kier molecular flexibility index (Phi) is 6.80. The molecule has 0 N–H and O–H groups in total. The van der Waals surface area contributed by atoms with Crippen LogP contribution in [-0.4, -0.2) is 42.1 Å². The summed E-state index contributed by atoms with van der Waals surface area (Å²) in [5, 5.41) is 9.45. The van der Waals surface area contributed by atoms with Crippen molar-refractivity contribution >= 4 is 11.7 Å². The molecule has 4 aromatic rings. The average molecular weight is 489 g/mol. The average Bonchev–Trinajstić information content (AvgIpc) is 3.45. The molecule has 0 radical (unpaired) electrons. The number of pyridine rings is 1. The molecule has 8 nitrogen and oxygen atoms in total. The predicted molar refractivity (Wildman–Crippen MR) is 135 cm³/mol. The third-order valence-corrected chi connectivity index (χ3v) is 5.64. The summed E-state index contributed by atoms with van der Waals surface area (Å²) < 4.78 is 23.0. The van der Waals surface area contributed by atoms with Crippen molar-refractivity contribution < 1.29 is 13.9 Å². The Bertz CT molecular complexity index is 1440. The molecule has 5 rings (SSSR count). The summed E-state index contributed by atoms with van der Waals surface area (Å²) >= 11 is 0. The summed E-state index contributed by atoms with van der Waals surface area (Å²) in [7, 11) is 0. The van der Waals surface area contributed by atoms with Crippen molar-refractivity contribution in [3.63, 3.8) is 0 Å². The van der Waals surface area contributed by atoms with E-state index in [9.17, 15) is 14.4 Å². The van der Waals surface area contributed by atoms with E-state index in [1.807, 2.05) is 52.9 Å². The lowest BCUT2D eigenvalue weighted by molar-refractivity contribution is 0.0196. The van der Waals surface area contributed by atoms with Crippen molar-refractivity contribution in [3.05, 3.63) is 66.1 Å². The number of fused-ring (bicyclic) bond motifs is 2. The van der Waals surface area contributed by atoms with Gasteiger partial charge in [-0.25, -0.2) is 19.2 Å². The molecule has 186 valence electrons. The number of halogens is 1. The molecule has 0 atom stereocenters. The first-order chi connectivity index (χ1) is 17.2. The standard InChI is InChI=1S/C25H23FN6O2.C2H6/c1-25(2,3)34-24(33)30-10-11-31-21(15-30)29-22(16-4-7-18(26)8-5-16)23(31)17-6-9-20-28-13-19(12-27)32(20)14-17;1-2/h4-9,13-14H,10-11,15H2,1-3H3;1-2H3. The summed E-state index contributed by atoms with van der Waals surface area (Å²) in [6.45, 7) is 10.8. The van der Waals surface area contributed by atoms with E-state index < -0.39 is 5.60 Å². The molecule has 0 saturated heterocycles. The zero-order chi connectivity index (χ0) is 26.0. The number of carbonyl (C=O) groups excluding carboxylic acids is 1. The lowest BCUT2D eigenvalue weighted by atomic mass is 10.1. The van der Waals surface area contributed by atoms with Crippen molar-refractivity contribution in [2.24, 2.45) is 0 Å². The minimum absolute atomic E-state index is 0.292. The van der Waals surface area contributed by atoms with E-state index in [0.717, 1.165) is 16.8 Å². The van der Waals surface area contributed by atoms with Gasteiger partial charge in [0.05, 0.1) is 24.1 Å². The van der Waals surface area contributed by atoms with E-state index in [1.54, 1.807) is 21.4 Å². The van der Waals surface area contributed by atoms with Gasteiger partial charge in [-0.1, -0.05) is 13.8 Å². The number of ether oxygens (including phenoxy) is 1. The summed E-state index contributed by atoms with van der Waals surface area (Å²) in [5.41, 5.74) is 3.61. The second kappa shape index (κ2) is 9.82. The van der Waals surface area contributed by atoms with Gasteiger partial charge in [-0.3, -0.25) is 9.30 Å². The number of imidazole rings is 2. The fourth-order valence-electron chi connectivity index (χ4n) is 4.12. The molecule has 3 aromatic heterocycles. The highest BCUT2D eigenvalue weighted by Gasteiger charge is 2.30. The largest absolute Gasteiger partial charge is 0.444 e. The molecule has 0 unspecified atom stereocenters. The van der Waals surface area contributed by atoms with Crippen LogP contribution in [0.15, 0.2) is 48.8 Å². The molecule has 1 amide bonds. The van der Waals surface area contributed by atoms with Crippen LogP contribution in [0.2, 0.25) is 0 Å². The maximum absolute atomic E-state index is 13.6. The van der Waals surface area contributed by atoms with Crippen LogP contribution >= 0.6 is 0 Å². The number of amides is 1. The van der Waals surface area contributed by atoms with E-state index in [2.05, 4.69) is 15.6 Å². The van der Waals surface area contributed by atoms with Gasteiger partial charge in [-0.15, -0.1) is 0 Å². The highest BCUT2D eigenvalue weighted by molar-refractivity contribution is 5.80. The van der Waals surface area contributed by atoms with Gasteiger partial charge in [0, 0.05) is 30.4 Å². The summed E-state index contributed by atoms with van der Waals surface area (Å²) in [6.07, 6.45) is 3.01. The lowest BCUT2D eigenvalue weighted by Gasteiger charge is -2.31. The van der Waals surface area contributed by atoms with E-state index in [1.165, 1.54) is 18.3 Å². The highest BCUT2D eigenvalue weighted by atomic mass is 19.1. The summed E-state index contributed by atoms with van der Waals surface area (Å²) in [6, 6.07) is 12.1. The fraction of sp³-hybridized carbons (Fsp3) is 0.333. The maximum atomic E-state index is 13.6. The third-order valence-electron chi connectivity index (χ3n) is 5.64. The number of benzene rings is 1. The molecule has 9 heteroatoms. The first-order valence-electron chi connectivity index (χ1n) is 11.9. The lowest BCUT2D eigenvalue weighted by Crippen LogP contribution is -2.41. The van der Waals surface area contributed by atoms with Gasteiger partial charge in [0.1, 0.15) is 34.7 Å². The van der Waals surface area contributed by atoms with E-state index in [0.29, 0.717) is 42.5 Å². The molecule has 0 spiro atoms. The van der Waals surface area contributed by atoms with Gasteiger partial charge in [-0.2, -0.15) is 5.26 Å². The number of nitriles is 1. The minimum Gasteiger partial charge on any atom is -0.444 e. The fourth-order valence-corrected chi connectivity index (χ4v) is 4.12. The summed E-state index contributed by atoms with van der Waals surface area (Å²) in [5.74, 6) is 0.376. The van der Waals surface area contributed by atoms with Gasteiger partial charge < -0.3 is 9.30 Å². The number of hydrogen-bond donors (Lipinski definition) is 0. The van der Waals surface area contributed by atoms with E-state index in [-0.39, 0.29) is 11.9 Å². The molecule has 4 heterocycles. The van der Waals surface area contributed by atoms with Crippen LogP contribution in [0.3, 0.4) is 0 Å². The molecule has 0 aliphatic carbocycles. The van der Waals surface area contributed by atoms with Crippen molar-refractivity contribution in [2.75, 3.05) is 6.54 Å². The Morgan fingerprint density at radius 1 is 1.08 bits per heavy atom. The van der Waals surface area contributed by atoms with Crippen LogP contribution in [0, 0.1) is 17.1 Å². The van der Waals surface area contributed by atoms with Gasteiger partial charge in [0.15, 0.2) is 0 Å². The third kappa shape index (κ3) is 4.80. The second-order valence-electron chi connectivity index (χ2n) is 9.19. The van der Waals surface area contributed by atoms with Crippen LogP contribution in [0.4, 0.5) is 9.18 Å². The zero-order valence-corrected chi connectivity index (χ0v) is 21.1. The topological polar surface area (TPSA) is 88.4 Å². The smallest absolute Gasteiger partial charge is 0.410 e.